The van der Waals surface area contributed by atoms with E-state index in [0.717, 1.165) is 18.8 Å². The monoisotopic (exact) mass is 176 g/mol. The first-order valence-corrected chi connectivity index (χ1v) is 4.70. The van der Waals surface area contributed by atoms with E-state index in [1.165, 1.54) is 0 Å². The zero-order valence-electron chi connectivity index (χ0n) is 8.27. The maximum Gasteiger partial charge on any atom is 0.0644 e. The molecule has 0 aliphatic rings. The molecule has 0 aromatic carbocycles. The van der Waals surface area contributed by atoms with Crippen molar-refractivity contribution in [1.29, 1.82) is 0 Å². The van der Waals surface area contributed by atoms with Gasteiger partial charge in [0.1, 0.15) is 0 Å². The fourth-order valence-corrected chi connectivity index (χ4v) is 1.09. The van der Waals surface area contributed by atoms with Crippen LogP contribution in [0.1, 0.15) is 19.5 Å². The van der Waals surface area contributed by atoms with Crippen molar-refractivity contribution in [2.24, 2.45) is 0 Å². The molecular weight excluding hydrogens is 160 g/mol. The van der Waals surface area contributed by atoms with Crippen LogP contribution in [0, 0.1) is 0 Å². The van der Waals surface area contributed by atoms with E-state index in [0.29, 0.717) is 0 Å². The van der Waals surface area contributed by atoms with E-state index < -0.39 is 0 Å². The minimum atomic E-state index is 1.01. The molecule has 0 unspecified atom stereocenters. The van der Waals surface area contributed by atoms with Gasteiger partial charge in [-0.1, -0.05) is 6.07 Å². The van der Waals surface area contributed by atoms with Gasteiger partial charge in [0.25, 0.3) is 0 Å². The number of pyridine rings is 1. The van der Waals surface area contributed by atoms with Crippen LogP contribution < -0.4 is 0 Å². The van der Waals surface area contributed by atoms with Crippen molar-refractivity contribution in [3.05, 3.63) is 36.3 Å². The third-order valence-corrected chi connectivity index (χ3v) is 1.96. The minimum Gasteiger partial charge on any atom is -0.378 e. The van der Waals surface area contributed by atoms with E-state index >= 15 is 0 Å². The number of aromatic nitrogens is 1. The van der Waals surface area contributed by atoms with Crippen molar-refractivity contribution in [3.63, 3.8) is 0 Å². The molecule has 2 heteroatoms. The standard InChI is InChI=1S/C11H16N2/c1-3-13(4-2)10-8-11-7-5-6-9-12-11/h5-10H,3-4H2,1-2H3/b10-8+. The topological polar surface area (TPSA) is 16.1 Å². The highest BCUT2D eigenvalue weighted by Gasteiger charge is 1.89. The van der Waals surface area contributed by atoms with Crippen LogP contribution in [0.3, 0.4) is 0 Å². The molecular formula is C11H16N2. The smallest absolute Gasteiger partial charge is 0.0644 e. The molecule has 0 amide bonds. The Kier molecular flexibility index (Phi) is 4.03. The van der Waals surface area contributed by atoms with E-state index in [1.54, 1.807) is 0 Å². The summed E-state index contributed by atoms with van der Waals surface area (Å²) >= 11 is 0. The quantitative estimate of drug-likeness (QED) is 0.700. The summed E-state index contributed by atoms with van der Waals surface area (Å²) in [5, 5.41) is 0. The fraction of sp³-hybridized carbons (Fsp3) is 0.364. The van der Waals surface area contributed by atoms with Gasteiger partial charge in [-0.15, -0.1) is 0 Å². The number of nitrogens with zero attached hydrogens (tertiary/aromatic N) is 2. The highest BCUT2D eigenvalue weighted by Crippen LogP contribution is 1.98. The summed E-state index contributed by atoms with van der Waals surface area (Å²) < 4.78 is 0. The van der Waals surface area contributed by atoms with Crippen LogP contribution in [0.15, 0.2) is 30.6 Å². The van der Waals surface area contributed by atoms with E-state index in [9.17, 15) is 0 Å². The highest BCUT2D eigenvalue weighted by molar-refractivity contribution is 5.43. The van der Waals surface area contributed by atoms with Crippen LogP contribution in [0.25, 0.3) is 6.08 Å². The van der Waals surface area contributed by atoms with Crippen LogP contribution >= 0.6 is 0 Å². The average molecular weight is 176 g/mol. The molecule has 1 aromatic heterocycles. The Hall–Kier alpha value is -1.31. The molecule has 0 fully saturated rings. The lowest BCUT2D eigenvalue weighted by atomic mass is 10.3. The van der Waals surface area contributed by atoms with E-state index in [4.69, 9.17) is 0 Å². The summed E-state index contributed by atoms with van der Waals surface area (Å²) in [6, 6.07) is 5.92. The van der Waals surface area contributed by atoms with Crippen molar-refractivity contribution in [2.45, 2.75) is 13.8 Å². The molecule has 0 spiro atoms. The number of hydrogen-bond acceptors (Lipinski definition) is 2. The Labute approximate surface area is 79.9 Å². The first-order valence-electron chi connectivity index (χ1n) is 4.70. The summed E-state index contributed by atoms with van der Waals surface area (Å²) in [7, 11) is 0. The molecule has 70 valence electrons. The Morgan fingerprint density at radius 2 is 2.08 bits per heavy atom. The van der Waals surface area contributed by atoms with E-state index in [1.807, 2.05) is 30.5 Å². The molecule has 1 aromatic rings. The molecule has 0 atom stereocenters. The highest BCUT2D eigenvalue weighted by atomic mass is 15.1. The minimum absolute atomic E-state index is 1.01. The summed E-state index contributed by atoms with van der Waals surface area (Å²) in [6.45, 7) is 6.37. The molecule has 2 nitrogen and oxygen atoms in total. The van der Waals surface area contributed by atoms with Gasteiger partial charge in [-0.05, 0) is 32.1 Å². The Balaban J connectivity index is 2.57. The predicted molar refractivity (Wildman–Crippen MR) is 56.2 cm³/mol. The van der Waals surface area contributed by atoms with Crippen LogP contribution in [-0.4, -0.2) is 23.0 Å². The molecule has 0 saturated carbocycles. The fourth-order valence-electron chi connectivity index (χ4n) is 1.09. The molecule has 1 heterocycles. The lowest BCUT2D eigenvalue weighted by molar-refractivity contribution is 0.421. The summed E-state index contributed by atoms with van der Waals surface area (Å²) in [5.74, 6) is 0. The largest absolute Gasteiger partial charge is 0.378 e. The summed E-state index contributed by atoms with van der Waals surface area (Å²) in [6.07, 6.45) is 5.93. The average Bonchev–Trinajstić information content (AvgIpc) is 2.21. The number of hydrogen-bond donors (Lipinski definition) is 0. The van der Waals surface area contributed by atoms with Crippen LogP contribution in [0.2, 0.25) is 0 Å². The van der Waals surface area contributed by atoms with Gasteiger partial charge < -0.3 is 4.90 Å². The van der Waals surface area contributed by atoms with Crippen LogP contribution in [0.4, 0.5) is 0 Å². The summed E-state index contributed by atoms with van der Waals surface area (Å²) in [4.78, 5) is 6.44. The predicted octanol–water partition coefficient (Wildman–Crippen LogP) is 2.39. The lowest BCUT2D eigenvalue weighted by Crippen LogP contribution is -2.14. The van der Waals surface area contributed by atoms with E-state index in [2.05, 4.69) is 29.9 Å². The van der Waals surface area contributed by atoms with Gasteiger partial charge in [0, 0.05) is 25.5 Å². The normalized spacial score (nSPS) is 10.6. The Morgan fingerprint density at radius 1 is 1.31 bits per heavy atom. The molecule has 0 aliphatic carbocycles. The van der Waals surface area contributed by atoms with Crippen molar-refractivity contribution in [2.75, 3.05) is 13.1 Å². The molecule has 0 saturated heterocycles. The molecule has 0 N–H and O–H groups in total. The second kappa shape index (κ2) is 5.36. The van der Waals surface area contributed by atoms with Crippen LogP contribution in [-0.2, 0) is 0 Å². The van der Waals surface area contributed by atoms with Gasteiger partial charge >= 0.3 is 0 Å². The van der Waals surface area contributed by atoms with Gasteiger partial charge in [0.15, 0.2) is 0 Å². The zero-order valence-corrected chi connectivity index (χ0v) is 8.27. The second-order valence-electron chi connectivity index (χ2n) is 2.79. The van der Waals surface area contributed by atoms with Gasteiger partial charge in [-0.25, -0.2) is 0 Å². The summed E-state index contributed by atoms with van der Waals surface area (Å²) in [5.41, 5.74) is 1.01. The first-order chi connectivity index (χ1) is 6.36. The molecule has 0 radical (unpaired) electrons. The van der Waals surface area contributed by atoms with Crippen LogP contribution in [0.5, 0.6) is 0 Å². The third kappa shape index (κ3) is 3.28. The van der Waals surface area contributed by atoms with Gasteiger partial charge in [-0.3, -0.25) is 4.98 Å². The maximum absolute atomic E-state index is 4.21. The molecule has 0 aliphatic heterocycles. The second-order valence-corrected chi connectivity index (χ2v) is 2.79. The SMILES string of the molecule is CCN(/C=C/c1ccccn1)CC. The zero-order chi connectivity index (χ0) is 9.52. The Bertz CT molecular complexity index is 250. The number of rotatable bonds is 4. The van der Waals surface area contributed by atoms with Crippen molar-refractivity contribution in [1.82, 2.24) is 9.88 Å². The van der Waals surface area contributed by atoms with E-state index in [-0.39, 0.29) is 0 Å². The Morgan fingerprint density at radius 3 is 2.62 bits per heavy atom. The lowest BCUT2D eigenvalue weighted by Gasteiger charge is -2.14. The van der Waals surface area contributed by atoms with Crippen molar-refractivity contribution in [3.8, 4) is 0 Å². The first kappa shape index (κ1) is 9.78. The van der Waals surface area contributed by atoms with Crippen molar-refractivity contribution >= 4 is 6.08 Å². The third-order valence-electron chi connectivity index (χ3n) is 1.96. The van der Waals surface area contributed by atoms with Gasteiger partial charge in [-0.2, -0.15) is 0 Å². The van der Waals surface area contributed by atoms with Crippen molar-refractivity contribution < 1.29 is 0 Å². The molecule has 0 bridgehead atoms. The molecule has 1 rings (SSSR count). The van der Waals surface area contributed by atoms with Gasteiger partial charge in [0.2, 0.25) is 0 Å². The molecule has 13 heavy (non-hydrogen) atoms. The maximum atomic E-state index is 4.21. The van der Waals surface area contributed by atoms with Gasteiger partial charge in [0.05, 0.1) is 5.69 Å².